The van der Waals surface area contributed by atoms with Crippen LogP contribution in [0.4, 0.5) is 5.69 Å². The van der Waals surface area contributed by atoms with Crippen molar-refractivity contribution in [2.45, 2.75) is 19.4 Å². The number of methoxy groups -OCH3 is 2. The molecule has 0 aliphatic rings. The first-order valence-corrected chi connectivity index (χ1v) is 8.24. The average Bonchev–Trinajstić information content (AvgIpc) is 2.44. The Morgan fingerprint density at radius 2 is 1.90 bits per heavy atom. The Kier molecular flexibility index (Phi) is 6.48. The van der Waals surface area contributed by atoms with E-state index >= 15 is 0 Å². The lowest BCUT2D eigenvalue weighted by molar-refractivity contribution is 0.0940. The van der Waals surface area contributed by atoms with Crippen LogP contribution in [0.15, 0.2) is 12.1 Å². The van der Waals surface area contributed by atoms with E-state index in [0.29, 0.717) is 34.9 Å². The number of carbonyl (C=O) groups is 1. The highest BCUT2D eigenvalue weighted by Gasteiger charge is 2.17. The monoisotopic (exact) mass is 314 g/mol. The highest BCUT2D eigenvalue weighted by Crippen LogP contribution is 2.31. The molecule has 3 N–H and O–H groups in total. The highest BCUT2D eigenvalue weighted by atomic mass is 32.2. The van der Waals surface area contributed by atoms with Gasteiger partial charge in [-0.25, -0.2) is 0 Å². The molecule has 6 nitrogen and oxygen atoms in total. The van der Waals surface area contributed by atoms with E-state index in [1.54, 1.807) is 18.4 Å². The first-order chi connectivity index (χ1) is 9.88. The Morgan fingerprint density at radius 1 is 1.33 bits per heavy atom. The number of nitrogen functional groups attached to an aromatic ring is 1. The SMILES string of the molecule is COc1cc(N)c(C(=O)NC(C)CCS(C)=O)cc1OC. The molecule has 0 aromatic heterocycles. The Hall–Kier alpha value is -1.76. The van der Waals surface area contributed by atoms with E-state index in [-0.39, 0.29) is 11.9 Å². The van der Waals surface area contributed by atoms with Crippen molar-refractivity contribution in [3.63, 3.8) is 0 Å². The number of carbonyl (C=O) groups excluding carboxylic acids is 1. The quantitative estimate of drug-likeness (QED) is 0.737. The molecular formula is C14H22N2O4S. The highest BCUT2D eigenvalue weighted by molar-refractivity contribution is 7.84. The van der Waals surface area contributed by atoms with Gasteiger partial charge < -0.3 is 20.5 Å². The third-order valence-electron chi connectivity index (χ3n) is 3.02. The Balaban J connectivity index is 2.84. The van der Waals surface area contributed by atoms with Crippen LogP contribution >= 0.6 is 0 Å². The van der Waals surface area contributed by atoms with Gasteiger partial charge in [-0.2, -0.15) is 0 Å². The van der Waals surface area contributed by atoms with Crippen molar-refractivity contribution in [2.24, 2.45) is 0 Å². The van der Waals surface area contributed by atoms with Gasteiger partial charge in [0.25, 0.3) is 5.91 Å². The van der Waals surface area contributed by atoms with Crippen LogP contribution in [0.5, 0.6) is 11.5 Å². The van der Waals surface area contributed by atoms with E-state index < -0.39 is 10.8 Å². The van der Waals surface area contributed by atoms with Gasteiger partial charge in [-0.05, 0) is 19.4 Å². The number of hydrogen-bond donors (Lipinski definition) is 2. The molecule has 0 aliphatic heterocycles. The lowest BCUT2D eigenvalue weighted by atomic mass is 10.1. The lowest BCUT2D eigenvalue weighted by Crippen LogP contribution is -2.34. The van der Waals surface area contributed by atoms with Crippen molar-refractivity contribution >= 4 is 22.4 Å². The van der Waals surface area contributed by atoms with Crippen molar-refractivity contribution in [1.82, 2.24) is 5.32 Å². The molecule has 0 fully saturated rings. The predicted molar refractivity (Wildman–Crippen MR) is 84.4 cm³/mol. The predicted octanol–water partition coefficient (Wildman–Crippen LogP) is 1.17. The van der Waals surface area contributed by atoms with E-state index in [2.05, 4.69) is 5.32 Å². The number of rotatable bonds is 7. The number of nitrogens with two attached hydrogens (primary N) is 1. The van der Waals surface area contributed by atoms with E-state index in [1.807, 2.05) is 6.92 Å². The molecule has 1 amide bonds. The zero-order chi connectivity index (χ0) is 16.0. The van der Waals surface area contributed by atoms with Gasteiger partial charge in [0, 0.05) is 40.6 Å². The van der Waals surface area contributed by atoms with Gasteiger partial charge in [-0.3, -0.25) is 9.00 Å². The molecule has 0 bridgehead atoms. The number of anilines is 1. The topological polar surface area (TPSA) is 90.6 Å². The van der Waals surface area contributed by atoms with E-state index in [9.17, 15) is 9.00 Å². The van der Waals surface area contributed by atoms with E-state index in [0.717, 1.165) is 0 Å². The molecule has 1 aromatic carbocycles. The van der Waals surface area contributed by atoms with Crippen molar-refractivity contribution in [1.29, 1.82) is 0 Å². The number of ether oxygens (including phenoxy) is 2. The van der Waals surface area contributed by atoms with Crippen molar-refractivity contribution in [3.05, 3.63) is 17.7 Å². The molecule has 0 saturated carbocycles. The van der Waals surface area contributed by atoms with Crippen LogP contribution in [0.2, 0.25) is 0 Å². The first kappa shape index (κ1) is 17.3. The van der Waals surface area contributed by atoms with Gasteiger partial charge >= 0.3 is 0 Å². The number of benzene rings is 1. The molecule has 118 valence electrons. The van der Waals surface area contributed by atoms with Crippen LogP contribution in [-0.2, 0) is 10.8 Å². The molecule has 0 spiro atoms. The van der Waals surface area contributed by atoms with Crippen LogP contribution in [-0.4, -0.2) is 42.4 Å². The maximum Gasteiger partial charge on any atom is 0.253 e. The molecule has 2 unspecified atom stereocenters. The fraction of sp³-hybridized carbons (Fsp3) is 0.500. The second kappa shape index (κ2) is 7.87. The average molecular weight is 314 g/mol. The van der Waals surface area contributed by atoms with Gasteiger partial charge in [-0.1, -0.05) is 0 Å². The lowest BCUT2D eigenvalue weighted by Gasteiger charge is -2.16. The van der Waals surface area contributed by atoms with E-state index in [4.69, 9.17) is 15.2 Å². The molecule has 0 radical (unpaired) electrons. The maximum absolute atomic E-state index is 12.2. The third kappa shape index (κ3) is 4.93. The van der Waals surface area contributed by atoms with Crippen LogP contribution < -0.4 is 20.5 Å². The van der Waals surface area contributed by atoms with Gasteiger partial charge in [0.05, 0.1) is 19.8 Å². The van der Waals surface area contributed by atoms with Crippen molar-refractivity contribution < 1.29 is 18.5 Å². The van der Waals surface area contributed by atoms with E-state index in [1.165, 1.54) is 14.2 Å². The summed E-state index contributed by atoms with van der Waals surface area (Å²) < 4.78 is 21.4. The molecule has 21 heavy (non-hydrogen) atoms. The summed E-state index contributed by atoms with van der Waals surface area (Å²) in [5.41, 5.74) is 6.52. The van der Waals surface area contributed by atoms with Crippen molar-refractivity contribution in [3.8, 4) is 11.5 Å². The summed E-state index contributed by atoms with van der Waals surface area (Å²) in [6, 6.07) is 3.02. The van der Waals surface area contributed by atoms with Gasteiger partial charge in [-0.15, -0.1) is 0 Å². The number of amides is 1. The summed E-state index contributed by atoms with van der Waals surface area (Å²) in [6.45, 7) is 1.86. The van der Waals surface area contributed by atoms with Gasteiger partial charge in [0.2, 0.25) is 0 Å². The standard InChI is InChI=1S/C14H22N2O4S/c1-9(5-6-21(4)18)16-14(17)10-7-12(19-2)13(20-3)8-11(10)15/h7-9H,5-6,15H2,1-4H3,(H,16,17). The molecule has 1 aromatic rings. The summed E-state index contributed by atoms with van der Waals surface area (Å²) in [5.74, 6) is 1.17. The van der Waals surface area contributed by atoms with Gasteiger partial charge in [0.1, 0.15) is 0 Å². The number of hydrogen-bond acceptors (Lipinski definition) is 5. The zero-order valence-electron chi connectivity index (χ0n) is 12.8. The molecule has 2 atom stereocenters. The van der Waals surface area contributed by atoms with Crippen LogP contribution in [0.25, 0.3) is 0 Å². The van der Waals surface area contributed by atoms with Crippen LogP contribution in [0, 0.1) is 0 Å². The first-order valence-electron chi connectivity index (χ1n) is 6.51. The summed E-state index contributed by atoms with van der Waals surface area (Å²) in [6.07, 6.45) is 2.28. The summed E-state index contributed by atoms with van der Waals surface area (Å²) >= 11 is 0. The van der Waals surface area contributed by atoms with Crippen molar-refractivity contribution in [2.75, 3.05) is 32.0 Å². The number of nitrogens with one attached hydrogen (secondary N) is 1. The second-order valence-corrected chi connectivity index (χ2v) is 6.29. The Bertz CT molecular complexity index is 534. The molecule has 0 aliphatic carbocycles. The largest absolute Gasteiger partial charge is 0.493 e. The molecule has 7 heteroatoms. The van der Waals surface area contributed by atoms with Crippen LogP contribution in [0.1, 0.15) is 23.7 Å². The fourth-order valence-electron chi connectivity index (χ4n) is 1.81. The third-order valence-corrected chi connectivity index (χ3v) is 3.83. The normalized spacial score (nSPS) is 13.3. The smallest absolute Gasteiger partial charge is 0.253 e. The van der Waals surface area contributed by atoms with Crippen LogP contribution in [0.3, 0.4) is 0 Å². The van der Waals surface area contributed by atoms with Gasteiger partial charge in [0.15, 0.2) is 11.5 Å². The Labute approximate surface area is 127 Å². The fourth-order valence-corrected chi connectivity index (χ4v) is 2.49. The molecule has 1 rings (SSSR count). The molecule has 0 saturated heterocycles. The zero-order valence-corrected chi connectivity index (χ0v) is 13.6. The summed E-state index contributed by atoms with van der Waals surface area (Å²) in [5, 5.41) is 2.83. The maximum atomic E-state index is 12.2. The minimum Gasteiger partial charge on any atom is -0.493 e. The summed E-state index contributed by atoms with van der Waals surface area (Å²) in [4.78, 5) is 12.2. The second-order valence-electron chi connectivity index (χ2n) is 4.73. The molecule has 0 heterocycles. The minimum absolute atomic E-state index is 0.0890. The minimum atomic E-state index is -0.872. The Morgan fingerprint density at radius 3 is 2.43 bits per heavy atom. The molecular weight excluding hydrogens is 292 g/mol. The summed E-state index contributed by atoms with van der Waals surface area (Å²) in [7, 11) is 2.13.